The first kappa shape index (κ1) is 9.97. The monoisotopic (exact) mass is 218 g/mol. The Kier molecular flexibility index (Phi) is 2.28. The maximum atomic E-state index is 5.58. The molecule has 3 rings (SSSR count). The molecule has 2 unspecified atom stereocenters. The van der Waals surface area contributed by atoms with E-state index in [4.69, 9.17) is 4.74 Å². The highest BCUT2D eigenvalue weighted by Crippen LogP contribution is 2.34. The van der Waals surface area contributed by atoms with Gasteiger partial charge in [-0.15, -0.1) is 0 Å². The second-order valence-corrected chi connectivity index (χ2v) is 4.88. The Morgan fingerprint density at radius 2 is 2.25 bits per heavy atom. The number of fused-ring (bicyclic) bond motifs is 2. The van der Waals surface area contributed by atoms with E-state index in [9.17, 15) is 0 Å². The first-order valence-electron chi connectivity index (χ1n) is 5.91. The van der Waals surface area contributed by atoms with Crippen molar-refractivity contribution in [3.8, 4) is 0 Å². The summed E-state index contributed by atoms with van der Waals surface area (Å²) >= 11 is 0. The van der Waals surface area contributed by atoms with Crippen molar-refractivity contribution in [1.82, 2.24) is 0 Å². The lowest BCUT2D eigenvalue weighted by Crippen LogP contribution is -2.37. The van der Waals surface area contributed by atoms with Gasteiger partial charge in [0.05, 0.1) is 30.6 Å². The molecule has 0 saturated carbocycles. The van der Waals surface area contributed by atoms with Gasteiger partial charge in [-0.05, 0) is 24.6 Å². The Bertz CT molecular complexity index is 405. The highest BCUT2D eigenvalue weighted by atomic mass is 16.5. The number of nitrogens with zero attached hydrogens (tertiary/aromatic N) is 1. The van der Waals surface area contributed by atoms with E-state index >= 15 is 0 Å². The minimum Gasteiger partial charge on any atom is -0.383 e. The van der Waals surface area contributed by atoms with Crippen molar-refractivity contribution in [2.45, 2.75) is 13.0 Å². The predicted octanol–water partition coefficient (Wildman–Crippen LogP) is 1.87. The maximum absolute atomic E-state index is 5.58. The van der Waals surface area contributed by atoms with E-state index in [1.54, 1.807) is 0 Å². The van der Waals surface area contributed by atoms with Crippen molar-refractivity contribution in [1.29, 1.82) is 0 Å². The molecule has 86 valence electrons. The van der Waals surface area contributed by atoms with E-state index in [0.717, 1.165) is 19.8 Å². The molecule has 3 nitrogen and oxygen atoms in total. The van der Waals surface area contributed by atoms with Crippen molar-refractivity contribution >= 4 is 11.4 Å². The van der Waals surface area contributed by atoms with E-state index in [-0.39, 0.29) is 0 Å². The summed E-state index contributed by atoms with van der Waals surface area (Å²) in [4.78, 5) is 2.38. The first-order valence-corrected chi connectivity index (χ1v) is 5.91. The number of nitrogens with one attached hydrogen (secondary N) is 1. The lowest BCUT2D eigenvalue weighted by molar-refractivity contribution is 0.185. The van der Waals surface area contributed by atoms with Gasteiger partial charge in [-0.2, -0.15) is 0 Å². The average molecular weight is 218 g/mol. The summed E-state index contributed by atoms with van der Waals surface area (Å²) in [5, 5.41) is 3.53. The quantitative estimate of drug-likeness (QED) is 0.719. The molecule has 0 aliphatic carbocycles. The van der Waals surface area contributed by atoms with Crippen molar-refractivity contribution in [3.05, 3.63) is 23.8 Å². The molecule has 16 heavy (non-hydrogen) atoms. The molecule has 1 N–H and O–H groups in total. The normalized spacial score (nSPS) is 28.0. The van der Waals surface area contributed by atoms with Crippen LogP contribution in [0, 0.1) is 12.8 Å². The van der Waals surface area contributed by atoms with Gasteiger partial charge in [0.2, 0.25) is 0 Å². The summed E-state index contributed by atoms with van der Waals surface area (Å²) in [5.41, 5.74) is 3.87. The van der Waals surface area contributed by atoms with Crippen molar-refractivity contribution in [2.24, 2.45) is 5.92 Å². The third-order valence-corrected chi connectivity index (χ3v) is 3.75. The third-order valence-electron chi connectivity index (χ3n) is 3.75. The molecule has 2 heterocycles. The van der Waals surface area contributed by atoms with Gasteiger partial charge >= 0.3 is 0 Å². The fourth-order valence-corrected chi connectivity index (χ4v) is 2.71. The lowest BCUT2D eigenvalue weighted by Gasteiger charge is -2.27. The number of rotatable bonds is 0. The van der Waals surface area contributed by atoms with Gasteiger partial charge in [0, 0.05) is 19.5 Å². The second kappa shape index (κ2) is 3.67. The van der Waals surface area contributed by atoms with E-state index in [1.807, 2.05) is 0 Å². The molecule has 0 bridgehead atoms. The van der Waals surface area contributed by atoms with Crippen LogP contribution in [-0.2, 0) is 4.74 Å². The van der Waals surface area contributed by atoms with Crippen molar-refractivity contribution in [3.63, 3.8) is 0 Å². The van der Waals surface area contributed by atoms with E-state index in [0.29, 0.717) is 12.0 Å². The molecule has 1 aromatic rings. The maximum Gasteiger partial charge on any atom is 0.0674 e. The molecule has 2 aliphatic heterocycles. The average Bonchev–Trinajstić information content (AvgIpc) is 2.70. The predicted molar refractivity (Wildman–Crippen MR) is 66.2 cm³/mol. The summed E-state index contributed by atoms with van der Waals surface area (Å²) in [6.45, 7) is 4.90. The molecule has 1 saturated heterocycles. The summed E-state index contributed by atoms with van der Waals surface area (Å²) in [5.74, 6) is 0.609. The molecule has 0 aromatic heterocycles. The third kappa shape index (κ3) is 1.47. The second-order valence-electron chi connectivity index (χ2n) is 4.88. The molecule has 1 fully saturated rings. The number of hydrogen-bond acceptors (Lipinski definition) is 3. The van der Waals surface area contributed by atoms with Crippen LogP contribution in [0.15, 0.2) is 18.2 Å². The molecule has 2 atom stereocenters. The molecule has 0 amide bonds. The minimum atomic E-state index is 0.524. The zero-order valence-electron chi connectivity index (χ0n) is 9.86. The number of likely N-dealkylation sites (N-methyl/N-ethyl adjacent to an activating group) is 1. The van der Waals surface area contributed by atoms with Crippen LogP contribution in [0.3, 0.4) is 0 Å². The van der Waals surface area contributed by atoms with Crippen LogP contribution < -0.4 is 10.2 Å². The van der Waals surface area contributed by atoms with Crippen LogP contribution in [0.25, 0.3) is 0 Å². The summed E-state index contributed by atoms with van der Waals surface area (Å²) in [6.07, 6.45) is 0. The Morgan fingerprint density at radius 3 is 3.12 bits per heavy atom. The smallest absolute Gasteiger partial charge is 0.0674 e. The zero-order valence-corrected chi connectivity index (χ0v) is 9.86. The van der Waals surface area contributed by atoms with Gasteiger partial charge in [-0.3, -0.25) is 0 Å². The highest BCUT2D eigenvalue weighted by Gasteiger charge is 2.34. The van der Waals surface area contributed by atoms with Crippen LogP contribution in [0.2, 0.25) is 0 Å². The van der Waals surface area contributed by atoms with Gasteiger partial charge in [0.25, 0.3) is 0 Å². The Balaban J connectivity index is 2.02. The van der Waals surface area contributed by atoms with Crippen molar-refractivity contribution in [2.75, 3.05) is 37.0 Å². The molecular weight excluding hydrogens is 200 g/mol. The SMILES string of the molecule is Cc1ccc2c(c1)N(C)C1COCC1CN2. The van der Waals surface area contributed by atoms with Gasteiger partial charge in [0.15, 0.2) is 0 Å². The van der Waals surface area contributed by atoms with E-state index in [2.05, 4.69) is 42.4 Å². The van der Waals surface area contributed by atoms with E-state index < -0.39 is 0 Å². The molecule has 3 heteroatoms. The highest BCUT2D eigenvalue weighted by molar-refractivity contribution is 5.72. The largest absolute Gasteiger partial charge is 0.383 e. The molecule has 0 spiro atoms. The fourth-order valence-electron chi connectivity index (χ4n) is 2.71. The number of aryl methyl sites for hydroxylation is 1. The topological polar surface area (TPSA) is 24.5 Å². The molecule has 0 radical (unpaired) electrons. The van der Waals surface area contributed by atoms with Crippen molar-refractivity contribution < 1.29 is 4.74 Å². The molecule has 2 aliphatic rings. The minimum absolute atomic E-state index is 0.524. The van der Waals surface area contributed by atoms with E-state index in [1.165, 1.54) is 16.9 Å². The van der Waals surface area contributed by atoms with Crippen LogP contribution in [0.4, 0.5) is 11.4 Å². The number of ether oxygens (including phenoxy) is 1. The molecular formula is C13H18N2O. The van der Waals surface area contributed by atoms with Gasteiger partial charge in [-0.25, -0.2) is 0 Å². The summed E-state index contributed by atoms with van der Waals surface area (Å²) < 4.78 is 5.58. The Labute approximate surface area is 96.4 Å². The number of anilines is 2. The van der Waals surface area contributed by atoms with Crippen LogP contribution in [0.1, 0.15) is 5.56 Å². The van der Waals surface area contributed by atoms with Crippen LogP contribution in [0.5, 0.6) is 0 Å². The zero-order chi connectivity index (χ0) is 11.1. The Hall–Kier alpha value is -1.22. The number of benzene rings is 1. The fraction of sp³-hybridized carbons (Fsp3) is 0.538. The Morgan fingerprint density at radius 1 is 1.38 bits per heavy atom. The van der Waals surface area contributed by atoms with Crippen LogP contribution in [-0.4, -0.2) is 32.8 Å². The first-order chi connectivity index (χ1) is 7.75. The standard InChI is InChI=1S/C13H18N2O/c1-9-3-4-11-12(5-9)15(2)13-8-16-7-10(13)6-14-11/h3-5,10,13-14H,6-8H2,1-2H3. The van der Waals surface area contributed by atoms with Gasteiger partial charge in [0.1, 0.15) is 0 Å². The summed E-state index contributed by atoms with van der Waals surface area (Å²) in [6, 6.07) is 7.12. The lowest BCUT2D eigenvalue weighted by atomic mass is 10.0. The van der Waals surface area contributed by atoms with Gasteiger partial charge in [-0.1, -0.05) is 6.07 Å². The van der Waals surface area contributed by atoms with Gasteiger partial charge < -0.3 is 15.0 Å². The molecule has 1 aromatic carbocycles. The number of hydrogen-bond donors (Lipinski definition) is 1. The van der Waals surface area contributed by atoms with Crippen LogP contribution >= 0.6 is 0 Å². The summed E-state index contributed by atoms with van der Waals surface area (Å²) in [7, 11) is 2.18.